The van der Waals surface area contributed by atoms with Gasteiger partial charge in [0.1, 0.15) is 17.2 Å². The molecule has 154 valence electrons. The van der Waals surface area contributed by atoms with Gasteiger partial charge >= 0.3 is 0 Å². The van der Waals surface area contributed by atoms with Crippen LogP contribution < -0.4 is 20.1 Å². The summed E-state index contributed by atoms with van der Waals surface area (Å²) in [6.07, 6.45) is 0. The van der Waals surface area contributed by atoms with Gasteiger partial charge in [0.05, 0.1) is 35.2 Å². The van der Waals surface area contributed by atoms with Crippen LogP contribution >= 0.6 is 28.1 Å². The van der Waals surface area contributed by atoms with E-state index in [2.05, 4.69) is 26.6 Å². The Morgan fingerprint density at radius 3 is 2.53 bits per heavy atom. The third kappa shape index (κ3) is 4.34. The van der Waals surface area contributed by atoms with Crippen LogP contribution in [0.3, 0.4) is 0 Å². The molecule has 0 radical (unpaired) electrons. The molecule has 1 amide bonds. The lowest BCUT2D eigenvalue weighted by atomic mass is 10.1. The van der Waals surface area contributed by atoms with Crippen molar-refractivity contribution in [3.05, 3.63) is 68.7 Å². The van der Waals surface area contributed by atoms with Crippen LogP contribution in [0.4, 0.5) is 11.4 Å². The summed E-state index contributed by atoms with van der Waals surface area (Å²) in [5.74, 6) is 0.157. The van der Waals surface area contributed by atoms with Gasteiger partial charge in [-0.2, -0.15) is 0 Å². The molecule has 3 aromatic carbocycles. The summed E-state index contributed by atoms with van der Waals surface area (Å²) in [6.45, 7) is 0. The van der Waals surface area contributed by atoms with Gasteiger partial charge in [0.2, 0.25) is 0 Å². The Bertz CT molecular complexity index is 1170. The van der Waals surface area contributed by atoms with Crippen LogP contribution in [0.5, 0.6) is 11.5 Å². The van der Waals surface area contributed by atoms with E-state index in [1.54, 1.807) is 12.1 Å². The number of hydrogen-bond donors (Lipinski definition) is 2. The molecule has 0 spiro atoms. The number of thiocarbonyl (C=S) groups is 1. The van der Waals surface area contributed by atoms with Gasteiger partial charge in [-0.15, -0.1) is 0 Å². The molecule has 30 heavy (non-hydrogen) atoms. The second kappa shape index (κ2) is 9.06. The first-order valence-corrected chi connectivity index (χ1v) is 9.75. The summed E-state index contributed by atoms with van der Waals surface area (Å²) >= 11 is 8.66. The maximum atomic E-state index is 12.8. The van der Waals surface area contributed by atoms with Crippen molar-refractivity contribution < 1.29 is 19.2 Å². The van der Waals surface area contributed by atoms with Gasteiger partial charge in [0, 0.05) is 0 Å². The Balaban J connectivity index is 1.87. The highest BCUT2D eigenvalue weighted by molar-refractivity contribution is 9.10. The standard InChI is InChI=1S/C20H16BrN3O5S/c1-28-12-7-8-15(16(10-12)24(26)27)22-20(30)23-19(25)14-9-11-5-3-4-6-13(11)17(21)18(14)29-2/h3-10H,1-2H3,(H2,22,23,25,30). The lowest BCUT2D eigenvalue weighted by Crippen LogP contribution is -2.34. The van der Waals surface area contributed by atoms with Crippen LogP contribution in [0.25, 0.3) is 10.8 Å². The Hall–Kier alpha value is -3.24. The van der Waals surface area contributed by atoms with Crippen molar-refractivity contribution >= 4 is 61.3 Å². The summed E-state index contributed by atoms with van der Waals surface area (Å²) in [4.78, 5) is 23.6. The first-order chi connectivity index (χ1) is 14.3. The number of anilines is 1. The van der Waals surface area contributed by atoms with Crippen molar-refractivity contribution in [1.29, 1.82) is 0 Å². The maximum Gasteiger partial charge on any atom is 0.296 e. The van der Waals surface area contributed by atoms with E-state index in [4.69, 9.17) is 21.7 Å². The molecule has 0 unspecified atom stereocenters. The molecule has 8 nitrogen and oxygen atoms in total. The molecule has 0 aliphatic carbocycles. The number of rotatable bonds is 5. The average molecular weight is 490 g/mol. The van der Waals surface area contributed by atoms with Crippen molar-refractivity contribution in [3.63, 3.8) is 0 Å². The molecule has 0 atom stereocenters. The lowest BCUT2D eigenvalue weighted by Gasteiger charge is -2.14. The number of nitro groups is 1. The topological polar surface area (TPSA) is 103 Å². The highest BCUT2D eigenvalue weighted by Gasteiger charge is 2.21. The number of nitrogens with zero attached hydrogens (tertiary/aromatic N) is 1. The Labute approximate surface area is 185 Å². The third-order valence-corrected chi connectivity index (χ3v) is 5.26. The number of nitrogens with one attached hydrogen (secondary N) is 2. The number of benzene rings is 3. The second-order valence-electron chi connectivity index (χ2n) is 6.04. The summed E-state index contributed by atoms with van der Waals surface area (Å²) in [6, 6.07) is 13.5. The van der Waals surface area contributed by atoms with Gasteiger partial charge in [0.25, 0.3) is 11.6 Å². The van der Waals surface area contributed by atoms with Crippen molar-refractivity contribution in [2.75, 3.05) is 19.5 Å². The van der Waals surface area contributed by atoms with Gasteiger partial charge in [-0.1, -0.05) is 24.3 Å². The van der Waals surface area contributed by atoms with E-state index in [1.165, 1.54) is 26.4 Å². The fourth-order valence-corrected chi connectivity index (χ4v) is 3.81. The Morgan fingerprint density at radius 1 is 1.13 bits per heavy atom. The molecule has 0 bridgehead atoms. The molecular formula is C20H16BrN3O5S. The average Bonchev–Trinajstić information content (AvgIpc) is 2.73. The monoisotopic (exact) mass is 489 g/mol. The number of ether oxygens (including phenoxy) is 2. The summed E-state index contributed by atoms with van der Waals surface area (Å²) < 4.78 is 11.0. The first-order valence-electron chi connectivity index (χ1n) is 8.55. The van der Waals surface area contributed by atoms with Crippen LogP contribution in [-0.4, -0.2) is 30.2 Å². The van der Waals surface area contributed by atoms with Gasteiger partial charge in [-0.05, 0) is 57.1 Å². The SMILES string of the molecule is COc1ccc(NC(=S)NC(=O)c2cc3ccccc3c(Br)c2OC)c([N+](=O)[O-])c1. The van der Waals surface area contributed by atoms with Crippen molar-refractivity contribution in [3.8, 4) is 11.5 Å². The normalized spacial score (nSPS) is 10.4. The molecule has 3 aromatic rings. The molecule has 0 saturated heterocycles. The Morgan fingerprint density at radius 2 is 1.87 bits per heavy atom. The van der Waals surface area contributed by atoms with E-state index in [1.807, 2.05) is 24.3 Å². The molecule has 0 heterocycles. The largest absolute Gasteiger partial charge is 0.496 e. The minimum Gasteiger partial charge on any atom is -0.496 e. The van der Waals surface area contributed by atoms with E-state index >= 15 is 0 Å². The number of nitro benzene ring substituents is 1. The van der Waals surface area contributed by atoms with Gasteiger partial charge in [-0.25, -0.2) is 0 Å². The van der Waals surface area contributed by atoms with E-state index in [0.29, 0.717) is 16.0 Å². The minimum atomic E-state index is -0.571. The van der Waals surface area contributed by atoms with Crippen molar-refractivity contribution in [2.45, 2.75) is 0 Å². The zero-order chi connectivity index (χ0) is 21.8. The number of amides is 1. The number of carbonyl (C=O) groups excluding carboxylic acids is 1. The predicted molar refractivity (Wildman–Crippen MR) is 122 cm³/mol. The summed E-state index contributed by atoms with van der Waals surface area (Å²) in [7, 11) is 2.87. The minimum absolute atomic E-state index is 0.0976. The van der Waals surface area contributed by atoms with Gasteiger partial charge in [0.15, 0.2) is 5.11 Å². The molecule has 2 N–H and O–H groups in total. The Kier molecular flexibility index (Phi) is 6.48. The number of hydrogen-bond acceptors (Lipinski definition) is 6. The maximum absolute atomic E-state index is 12.8. The molecule has 0 aromatic heterocycles. The molecule has 0 aliphatic rings. The molecule has 10 heteroatoms. The third-order valence-electron chi connectivity index (χ3n) is 4.27. The van der Waals surface area contributed by atoms with Crippen LogP contribution in [0.15, 0.2) is 53.0 Å². The quantitative estimate of drug-likeness (QED) is 0.305. The number of carbonyl (C=O) groups is 1. The number of methoxy groups -OCH3 is 2. The van der Waals surface area contributed by atoms with Crippen LogP contribution in [0.1, 0.15) is 10.4 Å². The van der Waals surface area contributed by atoms with Crippen molar-refractivity contribution in [1.82, 2.24) is 5.32 Å². The van der Waals surface area contributed by atoms with E-state index < -0.39 is 10.8 Å². The fraction of sp³-hybridized carbons (Fsp3) is 0.100. The molecule has 3 rings (SSSR count). The van der Waals surface area contributed by atoms with Gasteiger partial charge in [-0.3, -0.25) is 20.2 Å². The fourth-order valence-electron chi connectivity index (χ4n) is 2.87. The highest BCUT2D eigenvalue weighted by atomic mass is 79.9. The smallest absolute Gasteiger partial charge is 0.296 e. The van der Waals surface area contributed by atoms with E-state index in [0.717, 1.165) is 10.8 Å². The number of fused-ring (bicyclic) bond motifs is 1. The van der Waals surface area contributed by atoms with Crippen molar-refractivity contribution in [2.24, 2.45) is 0 Å². The van der Waals surface area contributed by atoms with E-state index in [9.17, 15) is 14.9 Å². The molecule has 0 aliphatic heterocycles. The first kappa shape index (κ1) is 21.5. The zero-order valence-electron chi connectivity index (χ0n) is 15.9. The predicted octanol–water partition coefficient (Wildman–Crippen LogP) is 4.65. The second-order valence-corrected chi connectivity index (χ2v) is 7.24. The summed E-state index contributed by atoms with van der Waals surface area (Å²) in [5.41, 5.74) is 0.145. The molecule has 0 fully saturated rings. The van der Waals surface area contributed by atoms with Crippen LogP contribution in [-0.2, 0) is 0 Å². The van der Waals surface area contributed by atoms with Crippen LogP contribution in [0, 0.1) is 10.1 Å². The van der Waals surface area contributed by atoms with E-state index in [-0.39, 0.29) is 22.1 Å². The lowest BCUT2D eigenvalue weighted by molar-refractivity contribution is -0.384. The zero-order valence-corrected chi connectivity index (χ0v) is 18.3. The number of halogens is 1. The molecule has 0 saturated carbocycles. The molecular weight excluding hydrogens is 474 g/mol. The summed E-state index contributed by atoms with van der Waals surface area (Å²) in [5, 5.41) is 18.2. The van der Waals surface area contributed by atoms with Crippen LogP contribution in [0.2, 0.25) is 0 Å². The van der Waals surface area contributed by atoms with Gasteiger partial charge < -0.3 is 14.8 Å². The highest BCUT2D eigenvalue weighted by Crippen LogP contribution is 2.36.